The number of thiazole rings is 2. The number of rotatable bonds is 4. The molecule has 2 rings (SSSR count). The Bertz CT molecular complexity index is 465. The SMILES string of the molecule is CCOC(=O)Cc1csc(-c2cscn2)n1. The molecule has 4 nitrogen and oxygen atoms in total. The van der Waals surface area contributed by atoms with Crippen molar-refractivity contribution in [1.29, 1.82) is 0 Å². The highest BCUT2D eigenvalue weighted by Gasteiger charge is 2.10. The first-order chi connectivity index (χ1) is 7.79. The van der Waals surface area contributed by atoms with E-state index in [-0.39, 0.29) is 12.4 Å². The Balaban J connectivity index is 2.06. The summed E-state index contributed by atoms with van der Waals surface area (Å²) in [4.78, 5) is 19.7. The Morgan fingerprint density at radius 2 is 2.38 bits per heavy atom. The molecule has 0 saturated carbocycles. The number of nitrogens with zero attached hydrogens (tertiary/aromatic N) is 2. The van der Waals surface area contributed by atoms with Crippen molar-refractivity contribution in [3.8, 4) is 10.7 Å². The van der Waals surface area contributed by atoms with E-state index < -0.39 is 0 Å². The highest BCUT2D eigenvalue weighted by Crippen LogP contribution is 2.23. The molecule has 2 aromatic rings. The van der Waals surface area contributed by atoms with E-state index in [0.717, 1.165) is 16.4 Å². The maximum absolute atomic E-state index is 11.2. The summed E-state index contributed by atoms with van der Waals surface area (Å²) in [7, 11) is 0. The molecule has 0 N–H and O–H groups in total. The van der Waals surface area contributed by atoms with Crippen LogP contribution in [0.2, 0.25) is 0 Å². The normalized spacial score (nSPS) is 10.3. The van der Waals surface area contributed by atoms with E-state index in [1.54, 1.807) is 12.4 Å². The average molecular weight is 254 g/mol. The number of hydrogen-bond acceptors (Lipinski definition) is 6. The third-order valence-electron chi connectivity index (χ3n) is 1.83. The molecule has 84 valence electrons. The molecule has 2 aromatic heterocycles. The lowest BCUT2D eigenvalue weighted by Crippen LogP contribution is -2.07. The molecule has 0 bridgehead atoms. The number of carbonyl (C=O) groups is 1. The number of aromatic nitrogens is 2. The topological polar surface area (TPSA) is 52.1 Å². The fourth-order valence-electron chi connectivity index (χ4n) is 1.18. The molecular weight excluding hydrogens is 244 g/mol. The Hall–Kier alpha value is -1.27. The van der Waals surface area contributed by atoms with Crippen LogP contribution in [0.3, 0.4) is 0 Å². The fraction of sp³-hybridized carbons (Fsp3) is 0.300. The Morgan fingerprint density at radius 1 is 1.50 bits per heavy atom. The first-order valence-corrected chi connectivity index (χ1v) is 6.60. The van der Waals surface area contributed by atoms with Gasteiger partial charge < -0.3 is 4.74 Å². The molecule has 0 aliphatic heterocycles. The van der Waals surface area contributed by atoms with Crippen LogP contribution in [0.5, 0.6) is 0 Å². The lowest BCUT2D eigenvalue weighted by atomic mass is 10.3. The van der Waals surface area contributed by atoms with Crippen LogP contribution in [0.15, 0.2) is 16.3 Å². The van der Waals surface area contributed by atoms with Gasteiger partial charge in [0.25, 0.3) is 0 Å². The number of esters is 1. The molecule has 0 amide bonds. The van der Waals surface area contributed by atoms with E-state index >= 15 is 0 Å². The smallest absolute Gasteiger partial charge is 0.311 e. The molecule has 16 heavy (non-hydrogen) atoms. The van der Waals surface area contributed by atoms with Crippen LogP contribution in [-0.4, -0.2) is 22.5 Å². The summed E-state index contributed by atoms with van der Waals surface area (Å²) in [5.74, 6) is -0.238. The number of hydrogen-bond donors (Lipinski definition) is 0. The van der Waals surface area contributed by atoms with Crippen molar-refractivity contribution in [2.75, 3.05) is 6.61 Å². The summed E-state index contributed by atoms with van der Waals surface area (Å²) < 4.78 is 4.86. The van der Waals surface area contributed by atoms with Crippen LogP contribution in [-0.2, 0) is 16.0 Å². The molecule has 0 fully saturated rings. The second kappa shape index (κ2) is 5.18. The molecule has 0 spiro atoms. The Morgan fingerprint density at radius 3 is 3.06 bits per heavy atom. The molecule has 0 aliphatic carbocycles. The van der Waals surface area contributed by atoms with Crippen LogP contribution in [0.4, 0.5) is 0 Å². The summed E-state index contributed by atoms with van der Waals surface area (Å²) in [5, 5.41) is 4.65. The van der Waals surface area contributed by atoms with Crippen LogP contribution in [0.1, 0.15) is 12.6 Å². The Labute approximate surface area is 101 Å². The summed E-state index contributed by atoms with van der Waals surface area (Å²) in [5.41, 5.74) is 3.37. The minimum atomic E-state index is -0.238. The predicted molar refractivity (Wildman–Crippen MR) is 63.6 cm³/mol. The van der Waals surface area contributed by atoms with Gasteiger partial charge in [0, 0.05) is 10.8 Å². The van der Waals surface area contributed by atoms with Gasteiger partial charge in [0.1, 0.15) is 10.7 Å². The van der Waals surface area contributed by atoms with E-state index in [9.17, 15) is 4.79 Å². The minimum Gasteiger partial charge on any atom is -0.466 e. The van der Waals surface area contributed by atoms with Crippen LogP contribution in [0, 0.1) is 0 Å². The molecular formula is C10H10N2O2S2. The van der Waals surface area contributed by atoms with Gasteiger partial charge >= 0.3 is 5.97 Å². The Kier molecular flexibility index (Phi) is 3.63. The van der Waals surface area contributed by atoms with Gasteiger partial charge in [-0.05, 0) is 6.92 Å². The molecule has 0 unspecified atom stereocenters. The molecule has 0 atom stereocenters. The van der Waals surface area contributed by atoms with Gasteiger partial charge in [0.05, 0.1) is 24.2 Å². The standard InChI is InChI=1S/C10H10N2O2S2/c1-2-14-9(13)3-7-4-16-10(12-7)8-5-15-6-11-8/h4-6H,2-3H2,1H3. The first kappa shape index (κ1) is 11.2. The van der Waals surface area contributed by atoms with E-state index in [0.29, 0.717) is 6.61 Å². The third-order valence-corrected chi connectivity index (χ3v) is 3.33. The van der Waals surface area contributed by atoms with Gasteiger partial charge in [-0.1, -0.05) is 0 Å². The molecule has 0 saturated heterocycles. The predicted octanol–water partition coefficient (Wildman–Crippen LogP) is 2.37. The van der Waals surface area contributed by atoms with Gasteiger partial charge in [-0.25, -0.2) is 9.97 Å². The molecule has 6 heteroatoms. The maximum Gasteiger partial charge on any atom is 0.311 e. The zero-order chi connectivity index (χ0) is 11.4. The van der Waals surface area contributed by atoms with Gasteiger partial charge in [-0.2, -0.15) is 0 Å². The van der Waals surface area contributed by atoms with Crippen molar-refractivity contribution < 1.29 is 9.53 Å². The molecule has 0 radical (unpaired) electrons. The largest absolute Gasteiger partial charge is 0.466 e. The number of ether oxygens (including phenoxy) is 1. The summed E-state index contributed by atoms with van der Waals surface area (Å²) in [6.07, 6.45) is 0.231. The van der Waals surface area contributed by atoms with Crippen molar-refractivity contribution in [3.63, 3.8) is 0 Å². The van der Waals surface area contributed by atoms with Gasteiger partial charge in [0.2, 0.25) is 0 Å². The second-order valence-electron chi connectivity index (χ2n) is 3.00. The second-order valence-corrected chi connectivity index (χ2v) is 4.58. The first-order valence-electron chi connectivity index (χ1n) is 4.78. The van der Waals surface area contributed by atoms with Crippen LogP contribution >= 0.6 is 22.7 Å². The van der Waals surface area contributed by atoms with E-state index in [1.807, 2.05) is 10.8 Å². The summed E-state index contributed by atoms with van der Waals surface area (Å²) in [6.45, 7) is 2.20. The van der Waals surface area contributed by atoms with Crippen molar-refractivity contribution in [2.45, 2.75) is 13.3 Å². The summed E-state index contributed by atoms with van der Waals surface area (Å²) in [6, 6.07) is 0. The zero-order valence-corrected chi connectivity index (χ0v) is 10.3. The maximum atomic E-state index is 11.2. The fourth-order valence-corrected chi connectivity index (χ4v) is 2.58. The highest BCUT2D eigenvalue weighted by molar-refractivity contribution is 7.13. The number of carbonyl (C=O) groups excluding carboxylic acids is 1. The highest BCUT2D eigenvalue weighted by atomic mass is 32.1. The van der Waals surface area contributed by atoms with Gasteiger partial charge in [0.15, 0.2) is 0 Å². The lowest BCUT2D eigenvalue weighted by Gasteiger charge is -1.97. The molecule has 2 heterocycles. The van der Waals surface area contributed by atoms with E-state index in [2.05, 4.69) is 9.97 Å². The lowest BCUT2D eigenvalue weighted by molar-refractivity contribution is -0.142. The van der Waals surface area contributed by atoms with Crippen LogP contribution in [0.25, 0.3) is 10.7 Å². The van der Waals surface area contributed by atoms with Crippen molar-refractivity contribution in [3.05, 3.63) is 22.0 Å². The zero-order valence-electron chi connectivity index (χ0n) is 8.67. The quantitative estimate of drug-likeness (QED) is 0.786. The van der Waals surface area contributed by atoms with Gasteiger partial charge in [-0.3, -0.25) is 4.79 Å². The van der Waals surface area contributed by atoms with Crippen molar-refractivity contribution >= 4 is 28.6 Å². The van der Waals surface area contributed by atoms with Crippen LogP contribution < -0.4 is 0 Å². The minimum absolute atomic E-state index is 0.231. The van der Waals surface area contributed by atoms with E-state index in [1.165, 1.54) is 22.7 Å². The van der Waals surface area contributed by atoms with E-state index in [4.69, 9.17) is 4.74 Å². The monoisotopic (exact) mass is 254 g/mol. The average Bonchev–Trinajstić information content (AvgIpc) is 2.86. The summed E-state index contributed by atoms with van der Waals surface area (Å²) >= 11 is 3.02. The van der Waals surface area contributed by atoms with Gasteiger partial charge in [-0.15, -0.1) is 22.7 Å². The van der Waals surface area contributed by atoms with Crippen molar-refractivity contribution in [1.82, 2.24) is 9.97 Å². The molecule has 0 aromatic carbocycles. The van der Waals surface area contributed by atoms with Crippen molar-refractivity contribution in [2.24, 2.45) is 0 Å². The third kappa shape index (κ3) is 2.65. The molecule has 0 aliphatic rings.